The van der Waals surface area contributed by atoms with Crippen molar-refractivity contribution in [2.75, 3.05) is 5.32 Å². The Balaban J connectivity index is 1.73. The van der Waals surface area contributed by atoms with Crippen molar-refractivity contribution in [2.24, 2.45) is 5.10 Å². The van der Waals surface area contributed by atoms with Crippen LogP contribution in [0.25, 0.3) is 0 Å². The number of nitrogens with zero attached hydrogens (tertiary/aromatic N) is 1. The average Bonchev–Trinajstić information content (AvgIpc) is 2.57. The first-order chi connectivity index (χ1) is 11.5. The van der Waals surface area contributed by atoms with Crippen molar-refractivity contribution < 1.29 is 14.0 Å². The topological polar surface area (TPSA) is 70.6 Å². The Morgan fingerprint density at radius 1 is 1.04 bits per heavy atom. The van der Waals surface area contributed by atoms with Crippen LogP contribution in [-0.2, 0) is 9.59 Å². The highest BCUT2D eigenvalue weighted by molar-refractivity contribution is 5.93. The second-order valence-corrected chi connectivity index (χ2v) is 5.23. The number of benzene rings is 2. The summed E-state index contributed by atoms with van der Waals surface area (Å²) in [6.45, 7) is 1.96. The monoisotopic (exact) mass is 327 g/mol. The molecule has 2 aromatic carbocycles. The van der Waals surface area contributed by atoms with Gasteiger partial charge in [0.05, 0.1) is 6.21 Å². The van der Waals surface area contributed by atoms with E-state index in [0.29, 0.717) is 5.69 Å². The van der Waals surface area contributed by atoms with Crippen molar-refractivity contribution in [3.05, 3.63) is 65.5 Å². The third-order valence-corrected chi connectivity index (χ3v) is 3.21. The van der Waals surface area contributed by atoms with E-state index in [4.69, 9.17) is 0 Å². The molecule has 0 heterocycles. The van der Waals surface area contributed by atoms with Crippen molar-refractivity contribution in [2.45, 2.75) is 19.8 Å². The number of rotatable bonds is 6. The molecule has 24 heavy (non-hydrogen) atoms. The maximum atomic E-state index is 13.3. The van der Waals surface area contributed by atoms with Crippen LogP contribution in [0.2, 0.25) is 0 Å². The van der Waals surface area contributed by atoms with Gasteiger partial charge in [-0.25, -0.2) is 9.82 Å². The van der Waals surface area contributed by atoms with Gasteiger partial charge in [-0.15, -0.1) is 0 Å². The number of hydrogen-bond acceptors (Lipinski definition) is 3. The Morgan fingerprint density at radius 3 is 2.42 bits per heavy atom. The number of carbonyl (C=O) groups is 2. The van der Waals surface area contributed by atoms with Gasteiger partial charge in [0.15, 0.2) is 0 Å². The minimum Gasteiger partial charge on any atom is -0.326 e. The predicted octanol–water partition coefficient (Wildman–Crippen LogP) is 3.00. The lowest BCUT2D eigenvalue weighted by Crippen LogP contribution is -2.20. The summed E-state index contributed by atoms with van der Waals surface area (Å²) in [5.41, 5.74) is 4.32. The van der Waals surface area contributed by atoms with Gasteiger partial charge in [0.2, 0.25) is 11.8 Å². The Kier molecular flexibility index (Phi) is 6.19. The normalized spacial score (nSPS) is 10.6. The molecular formula is C18H18FN3O2. The third kappa shape index (κ3) is 5.64. The molecule has 0 aliphatic carbocycles. The summed E-state index contributed by atoms with van der Waals surface area (Å²) in [6.07, 6.45) is 1.25. The Morgan fingerprint density at radius 2 is 1.71 bits per heavy atom. The van der Waals surface area contributed by atoms with Crippen LogP contribution in [0.1, 0.15) is 24.0 Å². The van der Waals surface area contributed by atoms with Gasteiger partial charge in [0.25, 0.3) is 0 Å². The SMILES string of the molecule is Cc1ccc(NC(=O)CCC(=O)N/N=C\c2ccccc2F)cc1. The summed E-state index contributed by atoms with van der Waals surface area (Å²) in [5.74, 6) is -1.10. The van der Waals surface area contributed by atoms with Crippen LogP contribution in [0, 0.1) is 12.7 Å². The van der Waals surface area contributed by atoms with Gasteiger partial charge < -0.3 is 5.32 Å². The largest absolute Gasteiger partial charge is 0.326 e. The number of carbonyl (C=O) groups excluding carboxylic acids is 2. The molecule has 0 atom stereocenters. The van der Waals surface area contributed by atoms with E-state index < -0.39 is 11.7 Å². The summed E-state index contributed by atoms with van der Waals surface area (Å²) in [4.78, 5) is 23.4. The van der Waals surface area contributed by atoms with Gasteiger partial charge in [0.1, 0.15) is 5.82 Å². The zero-order valence-corrected chi connectivity index (χ0v) is 13.3. The van der Waals surface area contributed by atoms with Gasteiger partial charge >= 0.3 is 0 Å². The highest BCUT2D eigenvalue weighted by Gasteiger charge is 2.06. The molecular weight excluding hydrogens is 309 g/mol. The van der Waals surface area contributed by atoms with Crippen LogP contribution in [0.3, 0.4) is 0 Å². The zero-order chi connectivity index (χ0) is 17.4. The van der Waals surface area contributed by atoms with Gasteiger partial charge in [-0.3, -0.25) is 9.59 Å². The van der Waals surface area contributed by atoms with E-state index in [9.17, 15) is 14.0 Å². The second-order valence-electron chi connectivity index (χ2n) is 5.23. The Labute approximate surface area is 139 Å². The molecule has 0 fully saturated rings. The highest BCUT2D eigenvalue weighted by Crippen LogP contribution is 2.09. The molecule has 2 N–H and O–H groups in total. The molecule has 0 aliphatic heterocycles. The summed E-state index contributed by atoms with van der Waals surface area (Å²) in [6, 6.07) is 13.5. The second kappa shape index (κ2) is 8.57. The first-order valence-electron chi connectivity index (χ1n) is 7.47. The maximum absolute atomic E-state index is 13.3. The number of anilines is 1. The number of hydrazone groups is 1. The fraction of sp³-hybridized carbons (Fsp3) is 0.167. The van der Waals surface area contributed by atoms with Crippen molar-refractivity contribution in [3.63, 3.8) is 0 Å². The molecule has 0 radical (unpaired) electrons. The quantitative estimate of drug-likeness (QED) is 0.632. The van der Waals surface area contributed by atoms with Crippen LogP contribution < -0.4 is 10.7 Å². The number of nitrogens with one attached hydrogen (secondary N) is 2. The number of hydrogen-bond donors (Lipinski definition) is 2. The van der Waals surface area contributed by atoms with Crippen molar-refractivity contribution >= 4 is 23.7 Å². The molecule has 2 amide bonds. The van der Waals surface area contributed by atoms with Crippen LogP contribution in [0.4, 0.5) is 10.1 Å². The van der Waals surface area contributed by atoms with Gasteiger partial charge in [-0.05, 0) is 25.1 Å². The summed E-state index contributed by atoms with van der Waals surface area (Å²) in [5, 5.41) is 6.38. The van der Waals surface area contributed by atoms with Gasteiger partial charge in [-0.2, -0.15) is 5.10 Å². The van der Waals surface area contributed by atoms with Crippen LogP contribution in [-0.4, -0.2) is 18.0 Å². The van der Waals surface area contributed by atoms with Crippen LogP contribution >= 0.6 is 0 Å². The van der Waals surface area contributed by atoms with E-state index in [1.54, 1.807) is 30.3 Å². The standard InChI is InChI=1S/C18H18FN3O2/c1-13-6-8-15(9-7-13)21-17(23)10-11-18(24)22-20-12-14-4-2-3-5-16(14)19/h2-9,12H,10-11H2,1H3,(H,21,23)(H,22,24)/b20-12-. The average molecular weight is 327 g/mol. The fourth-order valence-electron chi connectivity index (χ4n) is 1.90. The molecule has 0 saturated heterocycles. The molecule has 0 aromatic heterocycles. The van der Waals surface area contributed by atoms with Gasteiger partial charge in [-0.1, -0.05) is 35.9 Å². The summed E-state index contributed by atoms with van der Waals surface area (Å²) < 4.78 is 13.3. The molecule has 124 valence electrons. The summed E-state index contributed by atoms with van der Waals surface area (Å²) in [7, 11) is 0. The number of aryl methyl sites for hydroxylation is 1. The fourth-order valence-corrected chi connectivity index (χ4v) is 1.90. The van der Waals surface area contributed by atoms with Crippen LogP contribution in [0.15, 0.2) is 53.6 Å². The number of halogens is 1. The predicted molar refractivity (Wildman–Crippen MR) is 91.2 cm³/mol. The highest BCUT2D eigenvalue weighted by atomic mass is 19.1. The van der Waals surface area contributed by atoms with E-state index >= 15 is 0 Å². The minimum absolute atomic E-state index is 0.00763. The van der Waals surface area contributed by atoms with E-state index in [2.05, 4.69) is 15.8 Å². The number of amides is 2. The van der Waals surface area contributed by atoms with Crippen molar-refractivity contribution in [1.82, 2.24) is 5.43 Å². The lowest BCUT2D eigenvalue weighted by Gasteiger charge is -2.05. The lowest BCUT2D eigenvalue weighted by atomic mass is 10.2. The molecule has 0 unspecified atom stereocenters. The Bertz CT molecular complexity index is 742. The zero-order valence-electron chi connectivity index (χ0n) is 13.3. The van der Waals surface area contributed by atoms with Crippen molar-refractivity contribution in [1.29, 1.82) is 0 Å². The smallest absolute Gasteiger partial charge is 0.240 e. The van der Waals surface area contributed by atoms with Crippen molar-refractivity contribution in [3.8, 4) is 0 Å². The van der Waals surface area contributed by atoms with E-state index in [0.717, 1.165) is 5.56 Å². The lowest BCUT2D eigenvalue weighted by molar-refractivity contribution is -0.124. The molecule has 0 saturated carbocycles. The molecule has 0 bridgehead atoms. The summed E-state index contributed by atoms with van der Waals surface area (Å²) >= 11 is 0. The molecule has 2 aromatic rings. The molecule has 0 spiro atoms. The molecule has 6 heteroatoms. The van der Waals surface area contributed by atoms with Gasteiger partial charge in [0, 0.05) is 24.1 Å². The third-order valence-electron chi connectivity index (χ3n) is 3.21. The van der Waals surface area contributed by atoms with E-state index in [-0.39, 0.29) is 24.3 Å². The minimum atomic E-state index is -0.423. The van der Waals surface area contributed by atoms with E-state index in [1.807, 2.05) is 19.1 Å². The molecule has 2 rings (SSSR count). The first-order valence-corrected chi connectivity index (χ1v) is 7.47. The molecule has 0 aliphatic rings. The Hall–Kier alpha value is -3.02. The first kappa shape index (κ1) is 17.3. The van der Waals surface area contributed by atoms with Crippen LogP contribution in [0.5, 0.6) is 0 Å². The maximum Gasteiger partial charge on any atom is 0.240 e. The van der Waals surface area contributed by atoms with E-state index in [1.165, 1.54) is 12.3 Å². The molecule has 5 nitrogen and oxygen atoms in total.